The summed E-state index contributed by atoms with van der Waals surface area (Å²) in [5.74, 6) is 0.528. The lowest BCUT2D eigenvalue weighted by Crippen LogP contribution is -2.25. The van der Waals surface area contributed by atoms with E-state index in [4.69, 9.17) is 11.6 Å². The average molecular weight is 356 g/mol. The second-order valence-corrected chi connectivity index (χ2v) is 7.08. The first-order valence-electron chi connectivity index (χ1n) is 8.51. The fourth-order valence-electron chi connectivity index (χ4n) is 2.72. The van der Waals surface area contributed by atoms with E-state index in [9.17, 15) is 4.79 Å². The largest absolute Gasteiger partial charge is 0.352 e. The molecule has 3 aromatic rings. The van der Waals surface area contributed by atoms with Crippen LogP contribution in [0.5, 0.6) is 0 Å². The Balaban J connectivity index is 1.80. The Labute approximate surface area is 152 Å². The highest BCUT2D eigenvalue weighted by molar-refractivity contribution is 6.30. The fourth-order valence-corrected chi connectivity index (χ4v) is 2.94. The van der Waals surface area contributed by atoms with Gasteiger partial charge in [-0.2, -0.15) is 5.10 Å². The van der Waals surface area contributed by atoms with Gasteiger partial charge < -0.3 is 5.32 Å². The second-order valence-electron chi connectivity index (χ2n) is 6.64. The highest BCUT2D eigenvalue weighted by Crippen LogP contribution is 2.18. The van der Waals surface area contributed by atoms with Gasteiger partial charge in [0.2, 0.25) is 0 Å². The second kappa shape index (κ2) is 7.70. The van der Waals surface area contributed by atoms with Gasteiger partial charge in [0.15, 0.2) is 0 Å². The Morgan fingerprint density at radius 3 is 2.84 bits per heavy atom. The number of amides is 1. The number of halogens is 1. The zero-order valence-corrected chi connectivity index (χ0v) is 15.3. The highest BCUT2D eigenvalue weighted by atomic mass is 35.5. The van der Waals surface area contributed by atoms with Crippen LogP contribution in [0, 0.1) is 5.92 Å². The Hall–Kier alpha value is -2.33. The predicted molar refractivity (Wildman–Crippen MR) is 102 cm³/mol. The van der Waals surface area contributed by atoms with Crippen LogP contribution in [-0.4, -0.2) is 22.2 Å². The Morgan fingerprint density at radius 1 is 1.24 bits per heavy atom. The zero-order valence-electron chi connectivity index (χ0n) is 14.5. The van der Waals surface area contributed by atoms with Crippen LogP contribution < -0.4 is 5.32 Å². The summed E-state index contributed by atoms with van der Waals surface area (Å²) >= 11 is 6.06. The van der Waals surface area contributed by atoms with E-state index in [1.54, 1.807) is 0 Å². The van der Waals surface area contributed by atoms with E-state index in [0.717, 1.165) is 22.9 Å². The molecule has 0 bridgehead atoms. The maximum Gasteiger partial charge on any atom is 0.251 e. The molecule has 0 spiro atoms. The van der Waals surface area contributed by atoms with Gasteiger partial charge in [0.05, 0.1) is 18.3 Å². The number of nitrogens with one attached hydrogen (secondary N) is 1. The van der Waals surface area contributed by atoms with E-state index in [1.165, 1.54) is 0 Å². The van der Waals surface area contributed by atoms with Crippen LogP contribution in [0.4, 0.5) is 0 Å². The minimum atomic E-state index is -0.0435. The Morgan fingerprint density at radius 2 is 2.08 bits per heavy atom. The first-order chi connectivity index (χ1) is 12.0. The molecule has 0 atom stereocenters. The molecule has 1 N–H and O–H groups in total. The third-order valence-corrected chi connectivity index (χ3v) is 4.37. The average Bonchev–Trinajstić information content (AvgIpc) is 2.96. The van der Waals surface area contributed by atoms with Gasteiger partial charge in [0.25, 0.3) is 5.91 Å². The number of aromatic nitrogens is 2. The van der Waals surface area contributed by atoms with E-state index in [2.05, 4.69) is 24.3 Å². The summed E-state index contributed by atoms with van der Waals surface area (Å²) in [4.78, 5) is 12.3. The fraction of sp³-hybridized carbons (Fsp3) is 0.300. The summed E-state index contributed by atoms with van der Waals surface area (Å²) in [6.07, 6.45) is 2.79. The lowest BCUT2D eigenvalue weighted by Gasteiger charge is -2.08. The SMILES string of the molecule is CC(C)CCNC(=O)c1ccc2cnn(Cc3cccc(Cl)c3)c2c1. The maximum atomic E-state index is 12.3. The lowest BCUT2D eigenvalue weighted by atomic mass is 10.1. The van der Waals surface area contributed by atoms with Crippen LogP contribution in [0.1, 0.15) is 36.2 Å². The molecule has 0 radical (unpaired) electrons. The van der Waals surface area contributed by atoms with E-state index in [-0.39, 0.29) is 5.91 Å². The van der Waals surface area contributed by atoms with E-state index < -0.39 is 0 Å². The lowest BCUT2D eigenvalue weighted by molar-refractivity contribution is 0.0952. The topological polar surface area (TPSA) is 46.9 Å². The standard InChI is InChI=1S/C20H22ClN3O/c1-14(2)8-9-22-20(25)16-6-7-17-12-23-24(19(17)11-16)13-15-4-3-5-18(21)10-15/h3-7,10-12,14H,8-9,13H2,1-2H3,(H,22,25). The first kappa shape index (κ1) is 17.5. The molecule has 130 valence electrons. The van der Waals surface area contributed by atoms with Gasteiger partial charge in [-0.1, -0.05) is 43.6 Å². The van der Waals surface area contributed by atoms with Crippen molar-refractivity contribution in [3.63, 3.8) is 0 Å². The van der Waals surface area contributed by atoms with Gasteiger partial charge in [-0.3, -0.25) is 9.48 Å². The van der Waals surface area contributed by atoms with Crippen LogP contribution in [0.25, 0.3) is 10.9 Å². The van der Waals surface area contributed by atoms with Gasteiger partial charge in [-0.05, 0) is 42.2 Å². The minimum absolute atomic E-state index is 0.0435. The van der Waals surface area contributed by atoms with E-state index >= 15 is 0 Å². The molecular formula is C20H22ClN3O. The van der Waals surface area contributed by atoms with Crippen LogP contribution in [0.15, 0.2) is 48.7 Å². The van der Waals surface area contributed by atoms with Gasteiger partial charge in [0.1, 0.15) is 0 Å². The van der Waals surface area contributed by atoms with Crippen molar-refractivity contribution in [3.05, 3.63) is 64.8 Å². The van der Waals surface area contributed by atoms with Crippen molar-refractivity contribution in [3.8, 4) is 0 Å². The molecule has 1 heterocycles. The van der Waals surface area contributed by atoms with E-state index in [0.29, 0.717) is 29.6 Å². The first-order valence-corrected chi connectivity index (χ1v) is 8.89. The molecule has 0 fully saturated rings. The van der Waals surface area contributed by atoms with Crippen molar-refractivity contribution in [1.29, 1.82) is 0 Å². The molecule has 1 aromatic heterocycles. The Bertz CT molecular complexity index is 886. The smallest absolute Gasteiger partial charge is 0.251 e. The van der Waals surface area contributed by atoms with Crippen LogP contribution in [0.3, 0.4) is 0 Å². The summed E-state index contributed by atoms with van der Waals surface area (Å²) in [7, 11) is 0. The molecule has 0 aliphatic heterocycles. The molecular weight excluding hydrogens is 334 g/mol. The number of carbonyl (C=O) groups excluding carboxylic acids is 1. The van der Waals surface area contributed by atoms with Crippen molar-refractivity contribution in [1.82, 2.24) is 15.1 Å². The molecule has 4 nitrogen and oxygen atoms in total. The van der Waals surface area contributed by atoms with Crippen LogP contribution in [-0.2, 0) is 6.54 Å². The van der Waals surface area contributed by atoms with Crippen molar-refractivity contribution in [2.75, 3.05) is 6.54 Å². The molecule has 2 aromatic carbocycles. The highest BCUT2D eigenvalue weighted by Gasteiger charge is 2.10. The van der Waals surface area contributed by atoms with Gasteiger partial charge in [-0.25, -0.2) is 0 Å². The molecule has 0 saturated carbocycles. The zero-order chi connectivity index (χ0) is 17.8. The third-order valence-electron chi connectivity index (χ3n) is 4.14. The van der Waals surface area contributed by atoms with E-state index in [1.807, 2.05) is 53.3 Å². The predicted octanol–water partition coefficient (Wildman–Crippen LogP) is 4.51. The van der Waals surface area contributed by atoms with Crippen molar-refractivity contribution in [2.45, 2.75) is 26.8 Å². The summed E-state index contributed by atoms with van der Waals surface area (Å²) < 4.78 is 1.89. The van der Waals surface area contributed by atoms with Crippen LogP contribution >= 0.6 is 11.6 Å². The molecule has 0 aliphatic rings. The van der Waals surface area contributed by atoms with Crippen LogP contribution in [0.2, 0.25) is 5.02 Å². The third kappa shape index (κ3) is 4.40. The van der Waals surface area contributed by atoms with Crippen molar-refractivity contribution < 1.29 is 4.79 Å². The maximum absolute atomic E-state index is 12.3. The minimum Gasteiger partial charge on any atom is -0.352 e. The summed E-state index contributed by atoms with van der Waals surface area (Å²) in [5, 5.41) is 9.15. The number of carbonyl (C=O) groups is 1. The number of rotatable bonds is 6. The summed E-state index contributed by atoms with van der Waals surface area (Å²) in [5.41, 5.74) is 2.67. The summed E-state index contributed by atoms with van der Waals surface area (Å²) in [6, 6.07) is 13.4. The number of hydrogen-bond acceptors (Lipinski definition) is 2. The van der Waals surface area contributed by atoms with Gasteiger partial charge in [-0.15, -0.1) is 0 Å². The molecule has 0 unspecified atom stereocenters. The molecule has 1 amide bonds. The number of benzene rings is 2. The summed E-state index contributed by atoms with van der Waals surface area (Å²) in [6.45, 7) is 5.60. The van der Waals surface area contributed by atoms with Crippen molar-refractivity contribution in [2.24, 2.45) is 5.92 Å². The molecule has 0 aliphatic carbocycles. The molecule has 0 saturated heterocycles. The number of nitrogens with zero attached hydrogens (tertiary/aromatic N) is 2. The Kier molecular flexibility index (Phi) is 5.39. The monoisotopic (exact) mass is 355 g/mol. The molecule has 25 heavy (non-hydrogen) atoms. The van der Waals surface area contributed by atoms with Gasteiger partial charge in [0, 0.05) is 22.5 Å². The van der Waals surface area contributed by atoms with Gasteiger partial charge >= 0.3 is 0 Å². The quantitative estimate of drug-likeness (QED) is 0.707. The molecule has 3 rings (SSSR count). The van der Waals surface area contributed by atoms with Crippen molar-refractivity contribution >= 4 is 28.4 Å². The molecule has 5 heteroatoms. The number of fused-ring (bicyclic) bond motifs is 1. The normalized spacial score (nSPS) is 11.2. The number of hydrogen-bond donors (Lipinski definition) is 1.